The highest BCUT2D eigenvalue weighted by Crippen LogP contribution is 2.18. The molecule has 152 valence electrons. The molecule has 0 aliphatic rings. The van der Waals surface area contributed by atoms with Crippen molar-refractivity contribution in [2.24, 2.45) is 18.1 Å². The number of imidazole rings is 1. The van der Waals surface area contributed by atoms with Crippen LogP contribution in [0.15, 0.2) is 39.0 Å². The smallest absolute Gasteiger partial charge is 0.303 e. The van der Waals surface area contributed by atoms with Crippen LogP contribution in [0.5, 0.6) is 0 Å². The predicted octanol–water partition coefficient (Wildman–Crippen LogP) is 1.82. The fourth-order valence-corrected chi connectivity index (χ4v) is 2.81. The van der Waals surface area contributed by atoms with E-state index in [1.807, 2.05) is 0 Å². The fourth-order valence-electron chi connectivity index (χ4n) is 2.81. The number of nitro benzene ring substituents is 1. The van der Waals surface area contributed by atoms with E-state index in [1.165, 1.54) is 30.0 Å². The zero-order chi connectivity index (χ0) is 21.1. The summed E-state index contributed by atoms with van der Waals surface area (Å²) in [5.41, 5.74) is 2.72. The van der Waals surface area contributed by atoms with Crippen molar-refractivity contribution in [1.82, 2.24) is 19.1 Å². The van der Waals surface area contributed by atoms with Crippen molar-refractivity contribution in [3.63, 3.8) is 0 Å². The molecule has 0 aliphatic heterocycles. The van der Waals surface area contributed by atoms with Gasteiger partial charge in [0.15, 0.2) is 11.2 Å². The number of aromatic amines is 1. The number of hydrogen-bond acceptors (Lipinski definition) is 7. The molecule has 2 N–H and O–H groups in total. The van der Waals surface area contributed by atoms with Crippen LogP contribution in [-0.2, 0) is 13.6 Å². The summed E-state index contributed by atoms with van der Waals surface area (Å²) in [5, 5.41) is 15.0. The van der Waals surface area contributed by atoms with Crippen LogP contribution < -0.4 is 16.7 Å². The first-order chi connectivity index (χ1) is 13.8. The van der Waals surface area contributed by atoms with Crippen LogP contribution in [0.1, 0.15) is 25.8 Å². The van der Waals surface area contributed by atoms with Gasteiger partial charge in [-0.05, 0) is 12.3 Å². The first kappa shape index (κ1) is 20.0. The van der Waals surface area contributed by atoms with Crippen LogP contribution in [0.3, 0.4) is 0 Å². The molecule has 0 spiro atoms. The molecule has 1 aromatic carbocycles. The largest absolute Gasteiger partial charge is 0.329 e. The predicted molar refractivity (Wildman–Crippen MR) is 109 cm³/mol. The molecule has 3 rings (SSSR count). The van der Waals surface area contributed by atoms with Crippen molar-refractivity contribution in [2.75, 3.05) is 5.43 Å². The van der Waals surface area contributed by atoms with E-state index in [1.54, 1.807) is 16.7 Å². The average Bonchev–Trinajstić information content (AvgIpc) is 3.04. The van der Waals surface area contributed by atoms with Gasteiger partial charge in [0, 0.05) is 31.3 Å². The minimum absolute atomic E-state index is 0.0420. The first-order valence-electron chi connectivity index (χ1n) is 9.01. The Balaban J connectivity index is 1.98. The second-order valence-electron chi connectivity index (χ2n) is 6.98. The Hall–Kier alpha value is -3.76. The molecule has 0 radical (unpaired) electrons. The summed E-state index contributed by atoms with van der Waals surface area (Å²) in [6.07, 6.45) is 2.21. The van der Waals surface area contributed by atoms with Crippen molar-refractivity contribution >= 4 is 29.0 Å². The van der Waals surface area contributed by atoms with Gasteiger partial charge in [-0.15, -0.1) is 0 Å². The quantitative estimate of drug-likeness (QED) is 0.353. The standard InChI is InChI=1S/C18H21N7O4/c1-11(2)7-8-24-14-15(23(3)18(27)21-16(14)26)20-17(24)22-19-10-12-5-4-6-13(9-12)25(28)29/h4-6,9-11H,7-8H2,1-3H3,(H,20,22)(H,21,26,27). The number of hydrogen-bond donors (Lipinski definition) is 2. The highest BCUT2D eigenvalue weighted by Gasteiger charge is 2.17. The molecule has 0 amide bonds. The number of benzene rings is 1. The van der Waals surface area contributed by atoms with E-state index < -0.39 is 16.2 Å². The summed E-state index contributed by atoms with van der Waals surface area (Å²) in [6.45, 7) is 4.63. The van der Waals surface area contributed by atoms with Gasteiger partial charge < -0.3 is 4.57 Å². The Morgan fingerprint density at radius 1 is 1.38 bits per heavy atom. The number of H-pyrrole nitrogens is 1. The number of hydrazone groups is 1. The Morgan fingerprint density at radius 2 is 2.14 bits per heavy atom. The lowest BCUT2D eigenvalue weighted by Crippen LogP contribution is -2.29. The monoisotopic (exact) mass is 399 g/mol. The van der Waals surface area contributed by atoms with E-state index in [4.69, 9.17) is 0 Å². The maximum Gasteiger partial charge on any atom is 0.329 e. The molecule has 0 saturated heterocycles. The van der Waals surface area contributed by atoms with Crippen molar-refractivity contribution in [2.45, 2.75) is 26.8 Å². The van der Waals surface area contributed by atoms with Crippen LogP contribution in [-0.4, -0.2) is 30.2 Å². The Morgan fingerprint density at radius 3 is 2.83 bits per heavy atom. The number of anilines is 1. The van der Waals surface area contributed by atoms with E-state index in [2.05, 4.69) is 34.3 Å². The molecule has 11 nitrogen and oxygen atoms in total. The lowest BCUT2D eigenvalue weighted by atomic mass is 10.1. The lowest BCUT2D eigenvalue weighted by molar-refractivity contribution is -0.384. The summed E-state index contributed by atoms with van der Waals surface area (Å²) >= 11 is 0. The topological polar surface area (TPSA) is 140 Å². The van der Waals surface area contributed by atoms with E-state index in [0.717, 1.165) is 6.42 Å². The third-order valence-corrected chi connectivity index (χ3v) is 4.40. The third kappa shape index (κ3) is 4.23. The van der Waals surface area contributed by atoms with Gasteiger partial charge in [-0.3, -0.25) is 24.5 Å². The average molecular weight is 399 g/mol. The number of aromatic nitrogens is 4. The number of fused-ring (bicyclic) bond motifs is 1. The lowest BCUT2D eigenvalue weighted by Gasteiger charge is -2.09. The summed E-state index contributed by atoms with van der Waals surface area (Å²) in [5.74, 6) is 0.689. The van der Waals surface area contributed by atoms with E-state index in [-0.39, 0.29) is 16.9 Å². The Labute approximate surface area is 164 Å². The van der Waals surface area contributed by atoms with Gasteiger partial charge in [0.2, 0.25) is 5.95 Å². The molecule has 3 aromatic rings. The van der Waals surface area contributed by atoms with Gasteiger partial charge in [0.25, 0.3) is 11.2 Å². The zero-order valence-electron chi connectivity index (χ0n) is 16.2. The van der Waals surface area contributed by atoms with E-state index >= 15 is 0 Å². The highest BCUT2D eigenvalue weighted by molar-refractivity contribution is 5.81. The van der Waals surface area contributed by atoms with Crippen molar-refractivity contribution in [3.05, 3.63) is 60.8 Å². The Bertz CT molecular complexity index is 1200. The van der Waals surface area contributed by atoms with Crippen LogP contribution in [0, 0.1) is 16.0 Å². The van der Waals surface area contributed by atoms with Crippen molar-refractivity contribution < 1.29 is 4.92 Å². The number of aryl methyl sites for hydroxylation is 2. The van der Waals surface area contributed by atoms with Gasteiger partial charge in [0.1, 0.15) is 0 Å². The zero-order valence-corrected chi connectivity index (χ0v) is 16.2. The second kappa shape index (κ2) is 8.09. The minimum atomic E-state index is -0.553. The van der Waals surface area contributed by atoms with Gasteiger partial charge >= 0.3 is 5.69 Å². The molecule has 0 atom stereocenters. The maximum absolute atomic E-state index is 12.4. The number of nitrogens with zero attached hydrogens (tertiary/aromatic N) is 5. The normalized spacial score (nSPS) is 11.6. The molecule has 0 bridgehead atoms. The fraction of sp³-hybridized carbons (Fsp3) is 0.333. The summed E-state index contributed by atoms with van der Waals surface area (Å²) in [4.78, 5) is 41.3. The molecule has 11 heteroatoms. The molecule has 0 unspecified atom stereocenters. The van der Waals surface area contributed by atoms with Crippen LogP contribution >= 0.6 is 0 Å². The molecule has 0 aliphatic carbocycles. The first-order valence-corrected chi connectivity index (χ1v) is 9.01. The van der Waals surface area contributed by atoms with Gasteiger partial charge in [-0.2, -0.15) is 10.1 Å². The van der Waals surface area contributed by atoms with Crippen molar-refractivity contribution in [1.29, 1.82) is 0 Å². The minimum Gasteiger partial charge on any atom is -0.303 e. The number of nitro groups is 1. The molecule has 0 saturated carbocycles. The van der Waals surface area contributed by atoms with Gasteiger partial charge in [-0.1, -0.05) is 26.0 Å². The summed E-state index contributed by atoms with van der Waals surface area (Å²) in [6, 6.07) is 6.02. The van der Waals surface area contributed by atoms with Crippen LogP contribution in [0.2, 0.25) is 0 Å². The summed E-state index contributed by atoms with van der Waals surface area (Å²) in [7, 11) is 1.52. The number of nitrogens with one attached hydrogen (secondary N) is 2. The molecular formula is C18H21N7O4. The van der Waals surface area contributed by atoms with Gasteiger partial charge in [0.05, 0.1) is 11.1 Å². The molecule has 29 heavy (non-hydrogen) atoms. The van der Waals surface area contributed by atoms with Gasteiger partial charge in [-0.25, -0.2) is 10.2 Å². The molecule has 0 fully saturated rings. The maximum atomic E-state index is 12.4. The van der Waals surface area contributed by atoms with Crippen LogP contribution in [0.25, 0.3) is 11.2 Å². The molecule has 2 heterocycles. The number of non-ortho nitro benzene ring substituents is 1. The third-order valence-electron chi connectivity index (χ3n) is 4.40. The number of rotatable bonds is 7. The second-order valence-corrected chi connectivity index (χ2v) is 6.98. The SMILES string of the molecule is CC(C)CCn1c(NN=Cc2cccc([N+](=O)[O-])c2)nc2c1c(=O)[nH]c(=O)n2C. The van der Waals surface area contributed by atoms with Crippen LogP contribution in [0.4, 0.5) is 11.6 Å². The Kier molecular flexibility index (Phi) is 5.57. The van der Waals surface area contributed by atoms with E-state index in [9.17, 15) is 19.7 Å². The molecular weight excluding hydrogens is 378 g/mol. The molecule has 2 aromatic heterocycles. The highest BCUT2D eigenvalue weighted by atomic mass is 16.6. The summed E-state index contributed by atoms with van der Waals surface area (Å²) < 4.78 is 2.94. The van der Waals surface area contributed by atoms with Crippen molar-refractivity contribution in [3.8, 4) is 0 Å². The van der Waals surface area contributed by atoms with E-state index in [0.29, 0.717) is 24.0 Å².